The number of pyridine rings is 1. The highest BCUT2D eigenvalue weighted by atomic mass is 35.5. The molecule has 1 aromatic heterocycles. The van der Waals surface area contributed by atoms with Gasteiger partial charge in [0, 0.05) is 6.20 Å². The lowest BCUT2D eigenvalue weighted by atomic mass is 10.1. The third-order valence-electron chi connectivity index (χ3n) is 1.99. The lowest BCUT2D eigenvalue weighted by Crippen LogP contribution is -1.81. The summed E-state index contributed by atoms with van der Waals surface area (Å²) in [5.74, 6) is 0. The molecule has 0 fully saturated rings. The second-order valence-corrected chi connectivity index (χ2v) is 3.55. The smallest absolute Gasteiger partial charge is 0.129 e. The predicted molar refractivity (Wildman–Crippen MR) is 58.3 cm³/mol. The molecule has 0 unspecified atom stereocenters. The largest absolute Gasteiger partial charge is 0.245 e. The molecular weight excluding hydrogens is 194 g/mol. The van der Waals surface area contributed by atoms with Crippen molar-refractivity contribution in [1.82, 2.24) is 4.98 Å². The van der Waals surface area contributed by atoms with Gasteiger partial charge in [-0.3, -0.25) is 0 Å². The van der Waals surface area contributed by atoms with Crippen LogP contribution in [-0.4, -0.2) is 4.98 Å². The molecule has 0 N–H and O–H groups in total. The summed E-state index contributed by atoms with van der Waals surface area (Å²) in [6, 6.07) is 12.9. The van der Waals surface area contributed by atoms with Crippen LogP contribution in [0.4, 0.5) is 0 Å². The number of aromatic nitrogens is 1. The van der Waals surface area contributed by atoms with E-state index >= 15 is 0 Å². The van der Waals surface area contributed by atoms with Crippen molar-refractivity contribution >= 4 is 11.6 Å². The van der Waals surface area contributed by atoms with E-state index in [9.17, 15) is 0 Å². The summed E-state index contributed by atoms with van der Waals surface area (Å²) in [7, 11) is 0. The minimum atomic E-state index is 0.518. The molecule has 69 valence electrons. The summed E-state index contributed by atoms with van der Waals surface area (Å²) in [5.41, 5.74) is 3.38. The van der Waals surface area contributed by atoms with Crippen LogP contribution >= 0.6 is 11.6 Å². The number of hydrogen-bond donors (Lipinski definition) is 0. The van der Waals surface area contributed by atoms with Gasteiger partial charge in [0.1, 0.15) is 5.15 Å². The molecule has 1 aromatic carbocycles. The highest BCUT2D eigenvalue weighted by Gasteiger charge is 1.98. The molecule has 2 aromatic rings. The van der Waals surface area contributed by atoms with Gasteiger partial charge >= 0.3 is 0 Å². The fourth-order valence-corrected chi connectivity index (χ4v) is 1.51. The summed E-state index contributed by atoms with van der Waals surface area (Å²) in [5, 5.41) is 0.518. The average Bonchev–Trinajstić information content (AvgIpc) is 2.18. The quantitative estimate of drug-likeness (QED) is 0.645. The number of aryl methyl sites for hydroxylation is 1. The molecule has 2 heteroatoms. The van der Waals surface area contributed by atoms with Gasteiger partial charge in [-0.25, -0.2) is 4.98 Å². The maximum Gasteiger partial charge on any atom is 0.129 e. The first-order valence-electron chi connectivity index (χ1n) is 4.35. The Bertz CT molecular complexity index is 408. The first-order valence-corrected chi connectivity index (χ1v) is 4.73. The number of hydrogen-bond acceptors (Lipinski definition) is 1. The van der Waals surface area contributed by atoms with Crippen molar-refractivity contribution in [3.05, 3.63) is 53.3 Å². The zero-order valence-corrected chi connectivity index (χ0v) is 8.55. The molecule has 0 bridgehead atoms. The van der Waals surface area contributed by atoms with Crippen molar-refractivity contribution in [3.8, 4) is 11.1 Å². The second kappa shape index (κ2) is 3.81. The molecule has 0 spiro atoms. The summed E-state index contributed by atoms with van der Waals surface area (Å²) >= 11 is 5.81. The van der Waals surface area contributed by atoms with E-state index in [0.717, 1.165) is 11.1 Å². The first kappa shape index (κ1) is 9.22. The van der Waals surface area contributed by atoms with Crippen LogP contribution in [-0.2, 0) is 0 Å². The standard InChI is InChI=1S/C12H9ClN/c1-9-3-2-4-10(7-9)11-5-6-14-12(13)8-11/h3-8H,1H3. The Morgan fingerprint density at radius 2 is 2.07 bits per heavy atom. The average molecular weight is 203 g/mol. The summed E-state index contributed by atoms with van der Waals surface area (Å²) in [4.78, 5) is 3.94. The lowest BCUT2D eigenvalue weighted by Gasteiger charge is -2.02. The Morgan fingerprint density at radius 1 is 1.21 bits per heavy atom. The molecule has 0 aliphatic heterocycles. The molecule has 0 amide bonds. The number of nitrogens with zero attached hydrogens (tertiary/aromatic N) is 1. The van der Waals surface area contributed by atoms with Crippen molar-refractivity contribution in [2.24, 2.45) is 0 Å². The maximum atomic E-state index is 5.81. The van der Waals surface area contributed by atoms with E-state index < -0.39 is 0 Å². The summed E-state index contributed by atoms with van der Waals surface area (Å²) < 4.78 is 0. The van der Waals surface area contributed by atoms with E-state index in [-0.39, 0.29) is 0 Å². The molecule has 0 aliphatic rings. The van der Waals surface area contributed by atoms with Gasteiger partial charge in [0.25, 0.3) is 0 Å². The molecular formula is C12H9ClN. The van der Waals surface area contributed by atoms with Crippen LogP contribution in [0.25, 0.3) is 11.1 Å². The zero-order chi connectivity index (χ0) is 9.97. The Morgan fingerprint density at radius 3 is 2.79 bits per heavy atom. The van der Waals surface area contributed by atoms with E-state index in [4.69, 9.17) is 11.6 Å². The van der Waals surface area contributed by atoms with Crippen LogP contribution in [0.3, 0.4) is 0 Å². The molecule has 0 saturated carbocycles. The normalized spacial score (nSPS) is 10.1. The molecule has 1 nitrogen and oxygen atoms in total. The van der Waals surface area contributed by atoms with Crippen LogP contribution in [0.15, 0.2) is 36.5 Å². The molecule has 0 aliphatic carbocycles. The fourth-order valence-electron chi connectivity index (χ4n) is 1.34. The maximum absolute atomic E-state index is 5.81. The van der Waals surface area contributed by atoms with Gasteiger partial charge in [0.05, 0.1) is 0 Å². The Kier molecular flexibility index (Phi) is 2.51. The number of rotatable bonds is 1. The van der Waals surface area contributed by atoms with E-state index in [2.05, 4.69) is 17.1 Å². The van der Waals surface area contributed by atoms with Gasteiger partial charge in [0.2, 0.25) is 0 Å². The van der Waals surface area contributed by atoms with Gasteiger partial charge < -0.3 is 0 Å². The second-order valence-electron chi connectivity index (χ2n) is 3.17. The molecule has 2 rings (SSSR count). The zero-order valence-electron chi connectivity index (χ0n) is 7.79. The van der Waals surface area contributed by atoms with Crippen molar-refractivity contribution < 1.29 is 0 Å². The van der Waals surface area contributed by atoms with E-state index in [1.807, 2.05) is 31.2 Å². The molecule has 1 heterocycles. The van der Waals surface area contributed by atoms with Crippen molar-refractivity contribution in [3.63, 3.8) is 0 Å². The van der Waals surface area contributed by atoms with Crippen molar-refractivity contribution in [2.45, 2.75) is 6.92 Å². The van der Waals surface area contributed by atoms with Gasteiger partial charge in [-0.05, 0) is 47.9 Å². The Labute approximate surface area is 88.4 Å². The van der Waals surface area contributed by atoms with Crippen LogP contribution in [0.1, 0.15) is 5.56 Å². The van der Waals surface area contributed by atoms with Crippen LogP contribution in [0.5, 0.6) is 0 Å². The van der Waals surface area contributed by atoms with Crippen LogP contribution in [0, 0.1) is 13.0 Å². The first-order chi connectivity index (χ1) is 6.75. The van der Waals surface area contributed by atoms with Gasteiger partial charge in [0.15, 0.2) is 0 Å². The Balaban J connectivity index is 2.49. The summed E-state index contributed by atoms with van der Waals surface area (Å²) in [6.45, 7) is 2.04. The third kappa shape index (κ3) is 1.94. The van der Waals surface area contributed by atoms with E-state index in [0.29, 0.717) is 5.15 Å². The third-order valence-corrected chi connectivity index (χ3v) is 2.20. The number of halogens is 1. The highest BCUT2D eigenvalue weighted by molar-refractivity contribution is 6.29. The van der Waals surface area contributed by atoms with Gasteiger partial charge in [-0.15, -0.1) is 0 Å². The topological polar surface area (TPSA) is 12.9 Å². The molecule has 14 heavy (non-hydrogen) atoms. The molecule has 0 saturated heterocycles. The van der Waals surface area contributed by atoms with Crippen molar-refractivity contribution in [2.75, 3.05) is 0 Å². The fraction of sp³-hybridized carbons (Fsp3) is 0.0833. The molecule has 1 radical (unpaired) electrons. The predicted octanol–water partition coefficient (Wildman–Crippen LogP) is 3.51. The minimum Gasteiger partial charge on any atom is -0.245 e. The monoisotopic (exact) mass is 202 g/mol. The number of benzene rings is 1. The van der Waals surface area contributed by atoms with Gasteiger partial charge in [-0.2, -0.15) is 0 Å². The minimum absolute atomic E-state index is 0.518. The summed E-state index contributed by atoms with van der Waals surface area (Å²) in [6.07, 6.45) is 1.71. The van der Waals surface area contributed by atoms with E-state index in [1.54, 1.807) is 6.20 Å². The molecule has 0 atom stereocenters. The van der Waals surface area contributed by atoms with Crippen LogP contribution in [0.2, 0.25) is 5.15 Å². The lowest BCUT2D eigenvalue weighted by molar-refractivity contribution is 1.33. The van der Waals surface area contributed by atoms with Gasteiger partial charge in [-0.1, -0.05) is 23.7 Å². The van der Waals surface area contributed by atoms with E-state index in [1.165, 1.54) is 5.56 Å². The van der Waals surface area contributed by atoms with Crippen LogP contribution < -0.4 is 0 Å². The SMILES string of the molecule is Cc1c[c]cc(-c2ccnc(Cl)c2)c1. The Hall–Kier alpha value is -1.34. The highest BCUT2D eigenvalue weighted by Crippen LogP contribution is 2.21. The van der Waals surface area contributed by atoms with Crippen molar-refractivity contribution in [1.29, 1.82) is 0 Å².